The van der Waals surface area contributed by atoms with Crippen molar-refractivity contribution in [3.05, 3.63) is 48.6 Å². The summed E-state index contributed by atoms with van der Waals surface area (Å²) in [6.07, 6.45) is -1.32. The second-order valence-corrected chi connectivity index (χ2v) is 10.8. The lowest BCUT2D eigenvalue weighted by Crippen LogP contribution is -2.75. The van der Waals surface area contributed by atoms with Crippen molar-refractivity contribution in [2.24, 2.45) is 0 Å². The summed E-state index contributed by atoms with van der Waals surface area (Å²) in [5.74, 6) is -3.17. The highest BCUT2D eigenvalue weighted by atomic mass is 32.3. The van der Waals surface area contributed by atoms with Crippen LogP contribution in [0.5, 0.6) is 0 Å². The molecule has 0 spiro atoms. The standard InChI is InChI=1S/C27H41NO11S/c1-6-9-15-21(29)28-22-24-23(38-26(4,34-7-2)27(5,39-24)35-8-3)20(18-36-40(30,31)32)37-25(22)33-17-16-19-13-11-10-12-14-19/h6,10-14,20,22-25H,1,7-9,15-18H2,2-5H3,(H,28,29)(H,30,31,32)/t20-,22-,23-,24-,25+,26+,27+/m1/s1. The summed E-state index contributed by atoms with van der Waals surface area (Å²) in [5.41, 5.74) is 1.03. The van der Waals surface area contributed by atoms with Crippen LogP contribution < -0.4 is 5.32 Å². The number of carbonyl (C=O) groups is 1. The highest BCUT2D eigenvalue weighted by Gasteiger charge is 2.63. The molecule has 2 N–H and O–H groups in total. The van der Waals surface area contributed by atoms with E-state index in [1.807, 2.05) is 30.3 Å². The van der Waals surface area contributed by atoms with Gasteiger partial charge in [0.1, 0.15) is 24.4 Å². The molecule has 2 saturated heterocycles. The third-order valence-electron chi connectivity index (χ3n) is 6.83. The minimum Gasteiger partial charge on any atom is -0.350 e. The molecule has 226 valence electrons. The van der Waals surface area contributed by atoms with E-state index in [4.69, 9.17) is 28.4 Å². The molecular formula is C27H41NO11S. The van der Waals surface area contributed by atoms with E-state index in [0.29, 0.717) is 12.8 Å². The van der Waals surface area contributed by atoms with Gasteiger partial charge in [0.05, 0.1) is 13.2 Å². The summed E-state index contributed by atoms with van der Waals surface area (Å²) in [6.45, 7) is 10.7. The van der Waals surface area contributed by atoms with Gasteiger partial charge in [-0.15, -0.1) is 6.58 Å². The van der Waals surface area contributed by atoms with Crippen molar-refractivity contribution in [2.75, 3.05) is 26.4 Å². The van der Waals surface area contributed by atoms with E-state index in [0.717, 1.165) is 5.56 Å². The number of nitrogens with one attached hydrogen (secondary N) is 1. The summed E-state index contributed by atoms with van der Waals surface area (Å²) in [4.78, 5) is 12.9. The number of amides is 1. The van der Waals surface area contributed by atoms with Gasteiger partial charge in [-0.25, -0.2) is 4.18 Å². The highest BCUT2D eigenvalue weighted by molar-refractivity contribution is 7.80. The number of carbonyl (C=O) groups excluding carboxylic acids is 1. The Kier molecular flexibility index (Phi) is 11.6. The number of benzene rings is 1. The Morgan fingerprint density at radius 1 is 1.10 bits per heavy atom. The van der Waals surface area contributed by atoms with Crippen LogP contribution in [-0.4, -0.2) is 87.5 Å². The van der Waals surface area contributed by atoms with Gasteiger partial charge in [0.25, 0.3) is 0 Å². The second-order valence-electron chi connectivity index (χ2n) is 9.70. The van der Waals surface area contributed by atoms with Crippen LogP contribution in [0.25, 0.3) is 0 Å². The number of allylic oxidation sites excluding steroid dienone is 1. The smallest absolute Gasteiger partial charge is 0.350 e. The molecule has 7 atom stereocenters. The van der Waals surface area contributed by atoms with Gasteiger partial charge in [-0.3, -0.25) is 9.35 Å². The molecule has 2 aliphatic heterocycles. The predicted octanol–water partition coefficient (Wildman–Crippen LogP) is 2.53. The Hall–Kier alpha value is -1.94. The fourth-order valence-corrected chi connectivity index (χ4v) is 5.12. The van der Waals surface area contributed by atoms with Crippen LogP contribution in [0.15, 0.2) is 43.0 Å². The zero-order valence-electron chi connectivity index (χ0n) is 23.4. The maximum Gasteiger partial charge on any atom is 0.397 e. The summed E-state index contributed by atoms with van der Waals surface area (Å²) in [6, 6.07) is 8.77. The number of hydrogen-bond acceptors (Lipinski definition) is 10. The zero-order chi connectivity index (χ0) is 29.4. The Bertz CT molecular complexity index is 1070. The number of fused-ring (bicyclic) bond motifs is 1. The molecule has 1 amide bonds. The molecule has 0 saturated carbocycles. The molecule has 0 unspecified atom stereocenters. The molecule has 0 aromatic heterocycles. The van der Waals surface area contributed by atoms with Crippen LogP contribution >= 0.6 is 0 Å². The van der Waals surface area contributed by atoms with E-state index in [1.54, 1.807) is 33.8 Å². The van der Waals surface area contributed by atoms with Crippen molar-refractivity contribution in [3.8, 4) is 0 Å². The van der Waals surface area contributed by atoms with Crippen LogP contribution in [0.1, 0.15) is 46.1 Å². The summed E-state index contributed by atoms with van der Waals surface area (Å²) in [5, 5.41) is 2.94. The molecule has 1 aromatic rings. The summed E-state index contributed by atoms with van der Waals surface area (Å²) < 4.78 is 73.9. The fraction of sp³-hybridized carbons (Fsp3) is 0.667. The average molecular weight is 588 g/mol. The lowest BCUT2D eigenvalue weighted by atomic mass is 9.92. The number of ether oxygens (including phenoxy) is 6. The summed E-state index contributed by atoms with van der Waals surface area (Å²) in [7, 11) is -4.80. The van der Waals surface area contributed by atoms with Crippen molar-refractivity contribution in [1.29, 1.82) is 0 Å². The average Bonchev–Trinajstić information content (AvgIpc) is 2.89. The predicted molar refractivity (Wildman–Crippen MR) is 143 cm³/mol. The van der Waals surface area contributed by atoms with Gasteiger partial charge in [-0.1, -0.05) is 36.4 Å². The summed E-state index contributed by atoms with van der Waals surface area (Å²) >= 11 is 0. The van der Waals surface area contributed by atoms with Gasteiger partial charge in [0.15, 0.2) is 6.29 Å². The second kappa shape index (κ2) is 14.3. The Labute approximate surface area is 236 Å². The van der Waals surface area contributed by atoms with Crippen molar-refractivity contribution < 1.29 is 50.4 Å². The lowest BCUT2D eigenvalue weighted by molar-refractivity contribution is -0.478. The largest absolute Gasteiger partial charge is 0.397 e. The first-order valence-electron chi connectivity index (χ1n) is 13.4. The first-order chi connectivity index (χ1) is 18.9. The third kappa shape index (κ3) is 8.30. The van der Waals surface area contributed by atoms with Crippen molar-refractivity contribution >= 4 is 16.3 Å². The SMILES string of the molecule is C=CCCC(=O)N[C@H]1[C@@H](OCCc2ccccc2)O[C@H](COS(=O)(=O)O)[C@H]2O[C@](C)(OCC)[C@@](C)(OCC)O[C@H]12. The van der Waals surface area contributed by atoms with E-state index in [2.05, 4.69) is 16.1 Å². The van der Waals surface area contributed by atoms with Crippen LogP contribution in [0.3, 0.4) is 0 Å². The third-order valence-corrected chi connectivity index (χ3v) is 7.27. The van der Waals surface area contributed by atoms with E-state index in [9.17, 15) is 17.8 Å². The van der Waals surface area contributed by atoms with Gasteiger partial charge in [-0.05, 0) is 46.1 Å². The van der Waals surface area contributed by atoms with E-state index < -0.39 is 59.2 Å². The molecule has 0 aliphatic carbocycles. The van der Waals surface area contributed by atoms with Gasteiger partial charge in [0, 0.05) is 19.6 Å². The molecule has 1 aromatic carbocycles. The number of hydrogen-bond donors (Lipinski definition) is 2. The lowest BCUT2D eigenvalue weighted by Gasteiger charge is -2.57. The zero-order valence-corrected chi connectivity index (χ0v) is 24.3. The van der Waals surface area contributed by atoms with Crippen LogP contribution in [0.2, 0.25) is 0 Å². The number of rotatable bonds is 15. The minimum atomic E-state index is -4.80. The van der Waals surface area contributed by atoms with Gasteiger partial charge in [-0.2, -0.15) is 8.42 Å². The van der Waals surface area contributed by atoms with Gasteiger partial charge >= 0.3 is 10.4 Å². The minimum absolute atomic E-state index is 0.170. The molecule has 0 bridgehead atoms. The fourth-order valence-electron chi connectivity index (χ4n) is 4.81. The van der Waals surface area contributed by atoms with Gasteiger partial charge < -0.3 is 33.7 Å². The van der Waals surface area contributed by atoms with E-state index in [-0.39, 0.29) is 32.1 Å². The normalized spacial score (nSPS) is 32.3. The molecule has 2 fully saturated rings. The van der Waals surface area contributed by atoms with Crippen LogP contribution in [0, 0.1) is 0 Å². The maximum atomic E-state index is 12.9. The van der Waals surface area contributed by atoms with Gasteiger partial charge in [0.2, 0.25) is 17.5 Å². The maximum absolute atomic E-state index is 12.9. The molecule has 12 nitrogen and oxygen atoms in total. The molecule has 2 heterocycles. The van der Waals surface area contributed by atoms with E-state index in [1.165, 1.54) is 0 Å². The monoisotopic (exact) mass is 587 g/mol. The molecule has 0 radical (unpaired) electrons. The topological polar surface area (TPSA) is 148 Å². The van der Waals surface area contributed by atoms with Crippen molar-refractivity contribution in [3.63, 3.8) is 0 Å². The molecule has 2 aliphatic rings. The molecule has 13 heteroatoms. The van der Waals surface area contributed by atoms with Crippen molar-refractivity contribution in [2.45, 2.75) is 89.2 Å². The quantitative estimate of drug-likeness (QED) is 0.230. The Balaban J connectivity index is 1.95. The first kappa shape index (κ1) is 32.6. The Morgan fingerprint density at radius 3 is 2.30 bits per heavy atom. The van der Waals surface area contributed by atoms with Crippen LogP contribution in [0.4, 0.5) is 0 Å². The molecule has 40 heavy (non-hydrogen) atoms. The molecule has 3 rings (SSSR count). The Morgan fingerprint density at radius 2 is 1.73 bits per heavy atom. The van der Waals surface area contributed by atoms with Crippen molar-refractivity contribution in [1.82, 2.24) is 5.32 Å². The van der Waals surface area contributed by atoms with E-state index >= 15 is 0 Å². The first-order valence-corrected chi connectivity index (χ1v) is 14.8. The van der Waals surface area contributed by atoms with Crippen LogP contribution in [-0.2, 0) is 54.2 Å². The molecular weight excluding hydrogens is 546 g/mol. The highest BCUT2D eigenvalue weighted by Crippen LogP contribution is 2.44.